The Morgan fingerprint density at radius 3 is 2.43 bits per heavy atom. The molecular formula is C15H21NO4S. The number of carboxylic acid groups (broad SMARTS) is 1. The number of thioether (sulfide) groups is 1. The molecule has 1 rings (SSSR count). The van der Waals surface area contributed by atoms with Gasteiger partial charge in [0.25, 0.3) is 5.91 Å². The van der Waals surface area contributed by atoms with Crippen molar-refractivity contribution in [3.05, 3.63) is 29.3 Å². The van der Waals surface area contributed by atoms with Crippen LogP contribution in [-0.4, -0.2) is 41.6 Å². The number of carboxylic acids is 1. The number of aryl methyl sites for hydroxylation is 2. The fourth-order valence-corrected chi connectivity index (χ4v) is 2.37. The van der Waals surface area contributed by atoms with Gasteiger partial charge < -0.3 is 15.2 Å². The number of benzene rings is 1. The van der Waals surface area contributed by atoms with Gasteiger partial charge in [0, 0.05) is 0 Å². The minimum atomic E-state index is -1.02. The predicted molar refractivity (Wildman–Crippen MR) is 84.0 cm³/mol. The summed E-state index contributed by atoms with van der Waals surface area (Å²) < 4.78 is 5.40. The molecular weight excluding hydrogens is 290 g/mol. The van der Waals surface area contributed by atoms with Crippen molar-refractivity contribution < 1.29 is 19.4 Å². The Balaban J connectivity index is 2.50. The lowest BCUT2D eigenvalue weighted by Crippen LogP contribution is -2.43. The van der Waals surface area contributed by atoms with E-state index in [1.165, 1.54) is 0 Å². The molecule has 0 fully saturated rings. The van der Waals surface area contributed by atoms with Crippen LogP contribution in [-0.2, 0) is 9.59 Å². The third-order valence-corrected chi connectivity index (χ3v) is 3.45. The Hall–Kier alpha value is -1.69. The number of carbonyl (C=O) groups is 2. The van der Waals surface area contributed by atoms with E-state index >= 15 is 0 Å². The van der Waals surface area contributed by atoms with Crippen molar-refractivity contribution in [2.75, 3.05) is 18.6 Å². The van der Waals surface area contributed by atoms with Gasteiger partial charge in [-0.15, -0.1) is 0 Å². The van der Waals surface area contributed by atoms with Crippen LogP contribution in [0.1, 0.15) is 17.5 Å². The molecule has 0 heterocycles. The number of hydrogen-bond acceptors (Lipinski definition) is 4. The quantitative estimate of drug-likeness (QED) is 0.768. The lowest BCUT2D eigenvalue weighted by Gasteiger charge is -2.14. The molecule has 0 unspecified atom stereocenters. The fourth-order valence-electron chi connectivity index (χ4n) is 1.89. The number of ether oxygens (including phenoxy) is 1. The molecule has 0 spiro atoms. The summed E-state index contributed by atoms with van der Waals surface area (Å²) in [5.41, 5.74) is 2.10. The van der Waals surface area contributed by atoms with Crippen molar-refractivity contribution >= 4 is 23.6 Å². The molecule has 1 aromatic rings. The Bertz CT molecular complexity index is 484. The second-order valence-corrected chi connectivity index (χ2v) is 5.84. The van der Waals surface area contributed by atoms with E-state index in [4.69, 9.17) is 9.84 Å². The van der Waals surface area contributed by atoms with Crippen molar-refractivity contribution in [2.45, 2.75) is 26.3 Å². The summed E-state index contributed by atoms with van der Waals surface area (Å²) in [5.74, 6) is -0.167. The van der Waals surface area contributed by atoms with E-state index in [9.17, 15) is 9.59 Å². The molecule has 0 aromatic heterocycles. The van der Waals surface area contributed by atoms with Crippen LogP contribution >= 0.6 is 11.8 Å². The van der Waals surface area contributed by atoms with Gasteiger partial charge in [0.15, 0.2) is 6.61 Å². The summed E-state index contributed by atoms with van der Waals surface area (Å²) >= 11 is 1.54. The first-order chi connectivity index (χ1) is 9.92. The standard InChI is InChI=1S/C15H21NO4S/c1-10-6-11(2)8-12(7-10)20-9-14(17)16-13(15(18)19)4-5-21-3/h6-8,13H,4-5,9H2,1-3H3,(H,16,17)(H,18,19)/t13-/m0/s1. The monoisotopic (exact) mass is 311 g/mol. The van der Waals surface area contributed by atoms with Crippen molar-refractivity contribution in [1.82, 2.24) is 5.32 Å². The molecule has 0 saturated heterocycles. The minimum Gasteiger partial charge on any atom is -0.484 e. The average Bonchev–Trinajstić information content (AvgIpc) is 2.39. The molecule has 5 nitrogen and oxygen atoms in total. The van der Waals surface area contributed by atoms with Crippen molar-refractivity contribution in [3.8, 4) is 5.75 Å². The van der Waals surface area contributed by atoms with E-state index < -0.39 is 17.9 Å². The summed E-state index contributed by atoms with van der Waals surface area (Å²) in [6, 6.07) is 4.81. The Morgan fingerprint density at radius 2 is 1.90 bits per heavy atom. The first-order valence-corrected chi connectivity index (χ1v) is 8.04. The molecule has 1 amide bonds. The first kappa shape index (κ1) is 17.4. The predicted octanol–water partition coefficient (Wildman–Crippen LogP) is 2.00. The highest BCUT2D eigenvalue weighted by molar-refractivity contribution is 7.98. The van der Waals surface area contributed by atoms with Crippen LogP contribution < -0.4 is 10.1 Å². The summed E-state index contributed by atoms with van der Waals surface area (Å²) in [6.07, 6.45) is 2.29. The van der Waals surface area contributed by atoms with Gasteiger partial charge in [-0.3, -0.25) is 4.79 Å². The zero-order chi connectivity index (χ0) is 15.8. The van der Waals surface area contributed by atoms with Crippen LogP contribution in [0.4, 0.5) is 0 Å². The third-order valence-electron chi connectivity index (χ3n) is 2.81. The van der Waals surface area contributed by atoms with Crippen LogP contribution in [0.5, 0.6) is 5.75 Å². The maximum Gasteiger partial charge on any atom is 0.326 e. The van der Waals surface area contributed by atoms with E-state index in [0.29, 0.717) is 17.9 Å². The Labute approximate surface area is 129 Å². The first-order valence-electron chi connectivity index (χ1n) is 6.64. The third kappa shape index (κ3) is 6.53. The number of nitrogens with one attached hydrogen (secondary N) is 1. The van der Waals surface area contributed by atoms with Gasteiger partial charge in [0.2, 0.25) is 0 Å². The number of aliphatic carboxylic acids is 1. The van der Waals surface area contributed by atoms with E-state index in [0.717, 1.165) is 11.1 Å². The second-order valence-electron chi connectivity index (χ2n) is 4.85. The molecule has 0 aliphatic heterocycles. The summed E-state index contributed by atoms with van der Waals surface area (Å²) in [7, 11) is 0. The molecule has 0 radical (unpaired) electrons. The van der Waals surface area contributed by atoms with Gasteiger partial charge in [-0.05, 0) is 55.5 Å². The molecule has 2 N–H and O–H groups in total. The second kappa shape index (κ2) is 8.56. The van der Waals surface area contributed by atoms with E-state index in [2.05, 4.69) is 5.32 Å². The maximum absolute atomic E-state index is 11.8. The van der Waals surface area contributed by atoms with Crippen LogP contribution in [0, 0.1) is 13.8 Å². The van der Waals surface area contributed by atoms with Crippen molar-refractivity contribution in [1.29, 1.82) is 0 Å². The zero-order valence-electron chi connectivity index (χ0n) is 12.5. The number of carbonyl (C=O) groups excluding carboxylic acids is 1. The molecule has 0 aliphatic rings. The van der Waals surface area contributed by atoms with Gasteiger partial charge in [-0.25, -0.2) is 4.79 Å². The lowest BCUT2D eigenvalue weighted by atomic mass is 10.1. The molecule has 0 saturated carbocycles. The summed E-state index contributed by atoms with van der Waals surface area (Å²) in [5, 5.41) is 11.5. The van der Waals surface area contributed by atoms with Gasteiger partial charge in [0.05, 0.1) is 0 Å². The molecule has 1 aromatic carbocycles. The molecule has 1 atom stereocenters. The highest BCUT2D eigenvalue weighted by Gasteiger charge is 2.19. The van der Waals surface area contributed by atoms with Crippen molar-refractivity contribution in [2.24, 2.45) is 0 Å². The van der Waals surface area contributed by atoms with Crippen LogP contribution in [0.25, 0.3) is 0 Å². The zero-order valence-corrected chi connectivity index (χ0v) is 13.3. The van der Waals surface area contributed by atoms with Crippen molar-refractivity contribution in [3.63, 3.8) is 0 Å². The summed E-state index contributed by atoms with van der Waals surface area (Å²) in [6.45, 7) is 3.71. The Kier molecular flexibility index (Phi) is 7.08. The minimum absolute atomic E-state index is 0.189. The average molecular weight is 311 g/mol. The summed E-state index contributed by atoms with van der Waals surface area (Å²) in [4.78, 5) is 22.8. The van der Waals surface area contributed by atoms with Crippen LogP contribution in [0.2, 0.25) is 0 Å². The Morgan fingerprint density at radius 1 is 1.29 bits per heavy atom. The SMILES string of the molecule is CSCC[C@H](NC(=O)COc1cc(C)cc(C)c1)C(=O)O. The van der Waals surface area contributed by atoms with Gasteiger partial charge >= 0.3 is 5.97 Å². The fraction of sp³-hybridized carbons (Fsp3) is 0.467. The highest BCUT2D eigenvalue weighted by atomic mass is 32.2. The highest BCUT2D eigenvalue weighted by Crippen LogP contribution is 2.15. The van der Waals surface area contributed by atoms with Crippen LogP contribution in [0.3, 0.4) is 0 Å². The number of hydrogen-bond donors (Lipinski definition) is 2. The smallest absolute Gasteiger partial charge is 0.326 e. The largest absolute Gasteiger partial charge is 0.484 e. The normalized spacial score (nSPS) is 11.8. The van der Waals surface area contributed by atoms with Crippen LogP contribution in [0.15, 0.2) is 18.2 Å². The topological polar surface area (TPSA) is 75.6 Å². The molecule has 116 valence electrons. The lowest BCUT2D eigenvalue weighted by molar-refractivity contribution is -0.142. The number of rotatable bonds is 8. The maximum atomic E-state index is 11.8. The van der Waals surface area contributed by atoms with E-state index in [1.807, 2.05) is 38.3 Å². The molecule has 0 aliphatic carbocycles. The molecule has 21 heavy (non-hydrogen) atoms. The molecule has 6 heteroatoms. The molecule has 0 bridgehead atoms. The van der Waals surface area contributed by atoms with Gasteiger partial charge in [-0.2, -0.15) is 11.8 Å². The van der Waals surface area contributed by atoms with Gasteiger partial charge in [0.1, 0.15) is 11.8 Å². The van der Waals surface area contributed by atoms with Gasteiger partial charge in [-0.1, -0.05) is 6.07 Å². The number of amides is 1. The van der Waals surface area contributed by atoms with E-state index in [1.54, 1.807) is 11.8 Å². The van der Waals surface area contributed by atoms with E-state index in [-0.39, 0.29) is 6.61 Å².